The fourth-order valence-electron chi connectivity index (χ4n) is 3.52. The fraction of sp³-hybridized carbons (Fsp3) is 0.333. The van der Waals surface area contributed by atoms with Gasteiger partial charge in [0.05, 0.1) is 35.2 Å². The average Bonchev–Trinajstić information content (AvgIpc) is 3.35. The lowest BCUT2D eigenvalue weighted by Gasteiger charge is -2.24. The molecule has 3 amide bonds. The summed E-state index contributed by atoms with van der Waals surface area (Å²) in [5, 5.41) is 5.88. The molecule has 1 aliphatic rings. The molecule has 12 heteroatoms. The minimum atomic E-state index is -0.973. The number of ether oxygens (including phenoxy) is 2. The molecular weight excluding hydrogens is 529 g/mol. The summed E-state index contributed by atoms with van der Waals surface area (Å²) >= 11 is 13.6. The summed E-state index contributed by atoms with van der Waals surface area (Å²) in [6, 6.07) is 9.80. The molecule has 1 aliphatic heterocycles. The normalized spacial score (nSPS) is 15.7. The number of carbonyl (C=O) groups excluding carboxylic acids is 4. The first kappa shape index (κ1) is 27.6. The van der Waals surface area contributed by atoms with Crippen molar-refractivity contribution in [3.63, 3.8) is 0 Å². The van der Waals surface area contributed by atoms with Crippen LogP contribution < -0.4 is 10.6 Å². The van der Waals surface area contributed by atoms with Crippen LogP contribution in [0.4, 0.5) is 10.5 Å². The van der Waals surface area contributed by atoms with Crippen LogP contribution in [0.25, 0.3) is 0 Å². The smallest absolute Gasteiger partial charge is 0.411 e. The van der Waals surface area contributed by atoms with Gasteiger partial charge >= 0.3 is 12.1 Å². The van der Waals surface area contributed by atoms with Gasteiger partial charge in [-0.3, -0.25) is 14.5 Å². The molecule has 0 aromatic heterocycles. The van der Waals surface area contributed by atoms with Crippen LogP contribution in [0.2, 0.25) is 10.0 Å². The van der Waals surface area contributed by atoms with Gasteiger partial charge in [0.1, 0.15) is 12.1 Å². The highest BCUT2D eigenvalue weighted by atomic mass is 35.5. The number of amides is 3. The molecule has 192 valence electrons. The van der Waals surface area contributed by atoms with Crippen molar-refractivity contribution in [2.45, 2.75) is 25.4 Å². The summed E-state index contributed by atoms with van der Waals surface area (Å²) in [7, 11) is 1.23. The molecule has 2 unspecified atom stereocenters. The van der Waals surface area contributed by atoms with Gasteiger partial charge in [-0.1, -0.05) is 41.4 Å². The molecule has 0 radical (unpaired) electrons. The third-order valence-corrected chi connectivity index (χ3v) is 6.97. The molecule has 0 aliphatic carbocycles. The van der Waals surface area contributed by atoms with Gasteiger partial charge in [-0.05, 0) is 36.8 Å². The molecule has 36 heavy (non-hydrogen) atoms. The van der Waals surface area contributed by atoms with Crippen LogP contribution in [-0.2, 0) is 25.5 Å². The summed E-state index contributed by atoms with van der Waals surface area (Å²) in [4.78, 5) is 51.3. The number of hydrogen-bond donors (Lipinski definition) is 2. The Hall–Kier alpha value is -2.95. The number of rotatable bonds is 8. The van der Waals surface area contributed by atoms with Crippen LogP contribution in [0, 0.1) is 0 Å². The van der Waals surface area contributed by atoms with Crippen LogP contribution in [0.1, 0.15) is 22.8 Å². The Morgan fingerprint density at radius 1 is 1.11 bits per heavy atom. The van der Waals surface area contributed by atoms with E-state index in [1.807, 2.05) is 0 Å². The summed E-state index contributed by atoms with van der Waals surface area (Å²) < 4.78 is 9.88. The van der Waals surface area contributed by atoms with Crippen LogP contribution >= 0.6 is 35.0 Å². The number of halogens is 2. The second kappa shape index (κ2) is 12.8. The van der Waals surface area contributed by atoms with E-state index in [0.29, 0.717) is 22.9 Å². The van der Waals surface area contributed by atoms with Crippen molar-refractivity contribution in [3.8, 4) is 0 Å². The van der Waals surface area contributed by atoms with Gasteiger partial charge in [0.25, 0.3) is 5.91 Å². The van der Waals surface area contributed by atoms with Gasteiger partial charge in [0.15, 0.2) is 0 Å². The van der Waals surface area contributed by atoms with Crippen molar-refractivity contribution in [1.29, 1.82) is 0 Å². The van der Waals surface area contributed by atoms with Crippen LogP contribution in [0.3, 0.4) is 0 Å². The highest BCUT2D eigenvalue weighted by Gasteiger charge is 2.37. The minimum Gasteiger partial charge on any atom is -0.467 e. The van der Waals surface area contributed by atoms with E-state index in [0.717, 1.165) is 0 Å². The van der Waals surface area contributed by atoms with Crippen molar-refractivity contribution < 1.29 is 28.7 Å². The highest BCUT2D eigenvalue weighted by Crippen LogP contribution is 2.26. The van der Waals surface area contributed by atoms with E-state index in [4.69, 9.17) is 32.7 Å². The molecular formula is C24H25Cl2N3O6S. The standard InChI is InChI=1S/C24H25Cl2N3O6S/c1-3-35-24(33)29-13-36-12-19(29)21(30)28-18(23(32)34-2)11-14-7-9-15(10-8-14)27-22(31)20-16(25)5-4-6-17(20)26/h4-10,18-19H,3,11-13H2,1-2H3,(H,27,31)(H,28,30). The van der Waals surface area contributed by atoms with Crippen LogP contribution in [-0.4, -0.2) is 66.2 Å². The molecule has 1 saturated heterocycles. The summed E-state index contributed by atoms with van der Waals surface area (Å²) in [5.41, 5.74) is 1.37. The highest BCUT2D eigenvalue weighted by molar-refractivity contribution is 7.99. The van der Waals surface area contributed by atoms with Gasteiger partial charge in [-0.2, -0.15) is 0 Å². The molecule has 0 bridgehead atoms. The lowest BCUT2D eigenvalue weighted by molar-refractivity contribution is -0.145. The number of carbonyl (C=O) groups is 4. The number of benzene rings is 2. The molecule has 0 spiro atoms. The number of esters is 1. The maximum absolute atomic E-state index is 12.9. The number of thioether (sulfide) groups is 1. The quantitative estimate of drug-likeness (QED) is 0.475. The second-order valence-electron chi connectivity index (χ2n) is 7.72. The number of methoxy groups -OCH3 is 1. The number of hydrogen-bond acceptors (Lipinski definition) is 7. The molecule has 2 aromatic rings. The third kappa shape index (κ3) is 6.83. The maximum atomic E-state index is 12.9. The van der Waals surface area contributed by atoms with Crippen LogP contribution in [0.5, 0.6) is 0 Å². The first-order valence-electron chi connectivity index (χ1n) is 11.0. The molecule has 9 nitrogen and oxygen atoms in total. The zero-order chi connectivity index (χ0) is 26.2. The first-order chi connectivity index (χ1) is 17.2. The Balaban J connectivity index is 1.66. The molecule has 0 saturated carbocycles. The van der Waals surface area contributed by atoms with Crippen molar-refractivity contribution in [2.24, 2.45) is 0 Å². The molecule has 1 fully saturated rings. The van der Waals surface area contributed by atoms with E-state index in [-0.39, 0.29) is 28.6 Å². The second-order valence-corrected chi connectivity index (χ2v) is 9.53. The SMILES string of the molecule is CCOC(=O)N1CSCC1C(=O)NC(Cc1ccc(NC(=O)c2c(Cl)cccc2Cl)cc1)C(=O)OC. The molecule has 2 atom stereocenters. The van der Waals surface area contributed by atoms with E-state index in [1.54, 1.807) is 49.4 Å². The minimum absolute atomic E-state index is 0.141. The predicted molar refractivity (Wildman–Crippen MR) is 138 cm³/mol. The van der Waals surface area contributed by atoms with Gasteiger partial charge in [0.2, 0.25) is 5.91 Å². The summed E-state index contributed by atoms with van der Waals surface area (Å²) in [5.74, 6) is -0.834. The predicted octanol–water partition coefficient (Wildman–Crippen LogP) is 3.98. The van der Waals surface area contributed by atoms with Crippen LogP contribution in [0.15, 0.2) is 42.5 Å². The number of nitrogens with zero attached hydrogens (tertiary/aromatic N) is 1. The molecule has 2 N–H and O–H groups in total. The van der Waals surface area contributed by atoms with Gasteiger partial charge in [-0.25, -0.2) is 9.59 Å². The Bertz CT molecular complexity index is 1110. The Kier molecular flexibility index (Phi) is 9.86. The largest absolute Gasteiger partial charge is 0.467 e. The van der Waals surface area contributed by atoms with E-state index in [2.05, 4.69) is 10.6 Å². The molecule has 2 aromatic carbocycles. The fourth-order valence-corrected chi connectivity index (χ4v) is 5.23. The zero-order valence-corrected chi connectivity index (χ0v) is 21.9. The van der Waals surface area contributed by atoms with Gasteiger partial charge in [-0.15, -0.1) is 11.8 Å². The Morgan fingerprint density at radius 2 is 1.78 bits per heavy atom. The van der Waals surface area contributed by atoms with E-state index in [1.165, 1.54) is 23.8 Å². The summed E-state index contributed by atoms with van der Waals surface area (Å²) in [6.07, 6.45) is -0.435. The summed E-state index contributed by atoms with van der Waals surface area (Å²) in [6.45, 7) is 1.88. The monoisotopic (exact) mass is 553 g/mol. The lowest BCUT2D eigenvalue weighted by Crippen LogP contribution is -2.52. The van der Waals surface area contributed by atoms with E-state index < -0.39 is 36.0 Å². The molecule has 1 heterocycles. The van der Waals surface area contributed by atoms with E-state index >= 15 is 0 Å². The topological polar surface area (TPSA) is 114 Å². The van der Waals surface area contributed by atoms with Crippen molar-refractivity contribution >= 4 is 64.5 Å². The maximum Gasteiger partial charge on any atom is 0.411 e. The number of anilines is 1. The number of nitrogens with one attached hydrogen (secondary N) is 2. The Morgan fingerprint density at radius 3 is 2.39 bits per heavy atom. The van der Waals surface area contributed by atoms with E-state index in [9.17, 15) is 19.2 Å². The van der Waals surface area contributed by atoms with Gasteiger partial charge < -0.3 is 20.1 Å². The van der Waals surface area contributed by atoms with Crippen molar-refractivity contribution in [1.82, 2.24) is 10.2 Å². The molecule has 3 rings (SSSR count). The van der Waals surface area contributed by atoms with Crippen molar-refractivity contribution in [3.05, 3.63) is 63.6 Å². The Labute approximate surface area is 222 Å². The first-order valence-corrected chi connectivity index (χ1v) is 12.9. The third-order valence-electron chi connectivity index (χ3n) is 5.33. The lowest BCUT2D eigenvalue weighted by atomic mass is 10.0. The van der Waals surface area contributed by atoms with Gasteiger partial charge in [0, 0.05) is 17.9 Å². The van der Waals surface area contributed by atoms with Crippen molar-refractivity contribution in [2.75, 3.05) is 30.7 Å². The zero-order valence-electron chi connectivity index (χ0n) is 19.6. The average molecular weight is 554 g/mol.